The number of hydrazone groups is 1. The Kier molecular flexibility index (Phi) is 10.1. The molecule has 3 aromatic carbocycles. The smallest absolute Gasteiger partial charge is 0.343 e. The van der Waals surface area contributed by atoms with Gasteiger partial charge in [0, 0.05) is 10.0 Å². The van der Waals surface area contributed by atoms with Gasteiger partial charge in [-0.25, -0.2) is 10.2 Å². The molecule has 0 aliphatic heterocycles. The number of methoxy groups -OCH3 is 3. The molecule has 0 aromatic heterocycles. The van der Waals surface area contributed by atoms with Crippen molar-refractivity contribution in [3.8, 4) is 28.7 Å². The van der Waals surface area contributed by atoms with Gasteiger partial charge in [-0.2, -0.15) is 5.10 Å². The van der Waals surface area contributed by atoms with Crippen molar-refractivity contribution in [2.75, 3.05) is 27.9 Å². The minimum atomic E-state index is -0.673. The topological polar surface area (TPSA) is 105 Å². The Bertz CT molecular complexity index is 1350. The highest BCUT2D eigenvalue weighted by atomic mass is 79.9. The molecule has 0 saturated heterocycles. The average molecular weight is 650 g/mol. The number of aryl methyl sites for hydroxylation is 2. The van der Waals surface area contributed by atoms with Gasteiger partial charge in [0.05, 0.1) is 37.6 Å². The summed E-state index contributed by atoms with van der Waals surface area (Å²) in [5, 5.41) is 3.99. The van der Waals surface area contributed by atoms with E-state index in [1.54, 1.807) is 18.2 Å². The van der Waals surface area contributed by atoms with Gasteiger partial charge in [-0.1, -0.05) is 22.0 Å². The quantitative estimate of drug-likeness (QED) is 0.132. The van der Waals surface area contributed by atoms with Crippen LogP contribution in [-0.4, -0.2) is 46.0 Å². The van der Waals surface area contributed by atoms with E-state index in [9.17, 15) is 9.59 Å². The molecular weight excluding hydrogens is 624 g/mol. The Balaban J connectivity index is 1.75. The van der Waals surface area contributed by atoms with Gasteiger partial charge < -0.3 is 23.7 Å². The van der Waals surface area contributed by atoms with E-state index in [0.29, 0.717) is 37.5 Å². The van der Waals surface area contributed by atoms with E-state index >= 15 is 0 Å². The number of carbonyl (C=O) groups excluding carboxylic acids is 2. The molecule has 11 heteroatoms. The third-order valence-corrected chi connectivity index (χ3v) is 6.42. The van der Waals surface area contributed by atoms with Crippen LogP contribution in [0, 0.1) is 13.8 Å². The first-order chi connectivity index (χ1) is 18.2. The van der Waals surface area contributed by atoms with Crippen LogP contribution in [0.3, 0.4) is 0 Å². The van der Waals surface area contributed by atoms with Crippen LogP contribution in [0.25, 0.3) is 0 Å². The predicted octanol–water partition coefficient (Wildman–Crippen LogP) is 5.60. The van der Waals surface area contributed by atoms with E-state index in [1.165, 1.54) is 39.7 Å². The Morgan fingerprint density at radius 3 is 2.18 bits per heavy atom. The lowest BCUT2D eigenvalue weighted by molar-refractivity contribution is -0.123. The van der Waals surface area contributed by atoms with Crippen LogP contribution in [0.2, 0.25) is 0 Å². The normalized spacial score (nSPS) is 10.7. The zero-order chi connectivity index (χ0) is 27.8. The molecule has 0 unspecified atom stereocenters. The predicted molar refractivity (Wildman–Crippen MR) is 150 cm³/mol. The number of rotatable bonds is 10. The van der Waals surface area contributed by atoms with E-state index in [-0.39, 0.29) is 17.9 Å². The lowest BCUT2D eigenvalue weighted by Gasteiger charge is -2.15. The second kappa shape index (κ2) is 13.3. The molecule has 0 aliphatic rings. The van der Waals surface area contributed by atoms with Crippen LogP contribution >= 0.6 is 31.9 Å². The molecule has 0 spiro atoms. The van der Waals surface area contributed by atoms with E-state index in [0.717, 1.165) is 11.1 Å². The standard InChI is InChI=1S/C27H26Br2N2O7/c1-15-6-7-20(8-16(15)2)37-14-24(32)31-30-13-18-9-19(28)12-21(29)25(18)38-27(33)17-10-22(34-3)26(36-5)23(11-17)35-4/h6-13H,14H2,1-5H3,(H,31,32). The summed E-state index contributed by atoms with van der Waals surface area (Å²) >= 11 is 6.82. The molecule has 0 radical (unpaired) electrons. The summed E-state index contributed by atoms with van der Waals surface area (Å²) in [6.07, 6.45) is 1.36. The number of amides is 1. The number of nitrogens with one attached hydrogen (secondary N) is 1. The van der Waals surface area contributed by atoms with Crippen molar-refractivity contribution in [1.29, 1.82) is 0 Å². The molecule has 9 nitrogen and oxygen atoms in total. The summed E-state index contributed by atoms with van der Waals surface area (Å²) in [6.45, 7) is 3.75. The van der Waals surface area contributed by atoms with Gasteiger partial charge in [0.15, 0.2) is 23.9 Å². The van der Waals surface area contributed by atoms with Crippen molar-refractivity contribution in [3.63, 3.8) is 0 Å². The number of ether oxygens (including phenoxy) is 5. The first kappa shape index (κ1) is 29.0. The molecule has 1 N–H and O–H groups in total. The van der Waals surface area contributed by atoms with E-state index in [1.807, 2.05) is 26.0 Å². The molecule has 200 valence electrons. The summed E-state index contributed by atoms with van der Waals surface area (Å²) < 4.78 is 28.3. The highest BCUT2D eigenvalue weighted by Crippen LogP contribution is 2.39. The molecule has 38 heavy (non-hydrogen) atoms. The Morgan fingerprint density at radius 2 is 1.58 bits per heavy atom. The largest absolute Gasteiger partial charge is 0.493 e. The summed E-state index contributed by atoms with van der Waals surface area (Å²) in [6, 6.07) is 12.0. The van der Waals surface area contributed by atoms with Crippen molar-refractivity contribution >= 4 is 50.0 Å². The van der Waals surface area contributed by atoms with Gasteiger partial charge in [-0.05, 0) is 77.3 Å². The van der Waals surface area contributed by atoms with Crippen molar-refractivity contribution in [2.45, 2.75) is 13.8 Å². The minimum absolute atomic E-state index is 0.175. The van der Waals surface area contributed by atoms with Crippen LogP contribution in [0.1, 0.15) is 27.0 Å². The Hall–Kier alpha value is -3.57. The first-order valence-corrected chi connectivity index (χ1v) is 12.8. The van der Waals surface area contributed by atoms with E-state index in [4.69, 9.17) is 23.7 Å². The zero-order valence-corrected chi connectivity index (χ0v) is 24.6. The number of nitrogens with zero attached hydrogens (tertiary/aromatic N) is 1. The van der Waals surface area contributed by atoms with Gasteiger partial charge in [-0.3, -0.25) is 4.79 Å². The number of benzene rings is 3. The summed E-state index contributed by atoms with van der Waals surface area (Å²) in [4.78, 5) is 25.3. The Morgan fingerprint density at radius 1 is 0.895 bits per heavy atom. The number of hydrogen-bond donors (Lipinski definition) is 1. The molecule has 0 bridgehead atoms. The summed E-state index contributed by atoms with van der Waals surface area (Å²) in [5.41, 5.74) is 5.20. The lowest BCUT2D eigenvalue weighted by atomic mass is 10.1. The minimum Gasteiger partial charge on any atom is -0.493 e. The van der Waals surface area contributed by atoms with Crippen molar-refractivity contribution in [2.24, 2.45) is 5.10 Å². The van der Waals surface area contributed by atoms with Crippen molar-refractivity contribution in [1.82, 2.24) is 5.43 Å². The highest BCUT2D eigenvalue weighted by molar-refractivity contribution is 9.11. The van der Waals surface area contributed by atoms with E-state index in [2.05, 4.69) is 42.4 Å². The maximum atomic E-state index is 13.0. The SMILES string of the molecule is COc1cc(C(=O)Oc2c(Br)cc(Br)cc2C=NNC(=O)COc2ccc(C)c(C)c2)cc(OC)c1OC. The molecule has 1 amide bonds. The van der Waals surface area contributed by atoms with Crippen LogP contribution in [0.5, 0.6) is 28.7 Å². The number of hydrogen-bond acceptors (Lipinski definition) is 8. The van der Waals surface area contributed by atoms with Gasteiger partial charge in [0.25, 0.3) is 5.91 Å². The first-order valence-electron chi connectivity index (χ1n) is 11.2. The maximum Gasteiger partial charge on any atom is 0.343 e. The van der Waals surface area contributed by atoms with Crippen LogP contribution in [0.15, 0.2) is 56.5 Å². The molecule has 0 heterocycles. The molecule has 0 atom stereocenters. The number of carbonyl (C=O) groups is 2. The average Bonchev–Trinajstić information content (AvgIpc) is 2.90. The maximum absolute atomic E-state index is 13.0. The van der Waals surface area contributed by atoms with Gasteiger partial charge >= 0.3 is 5.97 Å². The number of esters is 1. The highest BCUT2D eigenvalue weighted by Gasteiger charge is 2.20. The molecule has 0 saturated carbocycles. The van der Waals surface area contributed by atoms with Gasteiger partial charge in [0.2, 0.25) is 5.75 Å². The van der Waals surface area contributed by atoms with Gasteiger partial charge in [-0.15, -0.1) is 0 Å². The Labute approximate surface area is 237 Å². The zero-order valence-electron chi connectivity index (χ0n) is 21.4. The van der Waals surface area contributed by atoms with Crippen molar-refractivity contribution in [3.05, 3.63) is 73.7 Å². The fourth-order valence-corrected chi connectivity index (χ4v) is 4.63. The van der Waals surface area contributed by atoms with E-state index < -0.39 is 11.9 Å². The van der Waals surface area contributed by atoms with Crippen molar-refractivity contribution < 1.29 is 33.3 Å². The molecule has 0 aliphatic carbocycles. The molecule has 0 fully saturated rings. The third-order valence-electron chi connectivity index (χ3n) is 5.37. The second-order valence-corrected chi connectivity index (χ2v) is 9.71. The van der Waals surface area contributed by atoms with Crippen LogP contribution in [-0.2, 0) is 4.79 Å². The molecule has 3 aromatic rings. The van der Waals surface area contributed by atoms with Gasteiger partial charge in [0.1, 0.15) is 5.75 Å². The number of halogens is 2. The molecule has 3 rings (SSSR count). The second-order valence-electron chi connectivity index (χ2n) is 7.94. The fraction of sp³-hybridized carbons (Fsp3) is 0.222. The fourth-order valence-electron chi connectivity index (χ4n) is 3.29. The summed E-state index contributed by atoms with van der Waals surface area (Å²) in [7, 11) is 4.37. The van der Waals surface area contributed by atoms with Crippen LogP contribution < -0.4 is 29.1 Å². The molecular formula is C27H26Br2N2O7. The summed E-state index contributed by atoms with van der Waals surface area (Å²) in [5.74, 6) is 0.613. The lowest BCUT2D eigenvalue weighted by Crippen LogP contribution is -2.24. The monoisotopic (exact) mass is 648 g/mol. The van der Waals surface area contributed by atoms with Crippen LogP contribution in [0.4, 0.5) is 0 Å². The third kappa shape index (κ3) is 7.26.